The van der Waals surface area contributed by atoms with Crippen molar-refractivity contribution in [1.29, 1.82) is 0 Å². The van der Waals surface area contributed by atoms with Crippen molar-refractivity contribution >= 4 is 61.4 Å². The molecule has 0 bridgehead atoms. The smallest absolute Gasteiger partial charge is 0.399 e. The number of anilines is 7. The minimum atomic E-state index is -4.27. The van der Waals surface area contributed by atoms with Gasteiger partial charge in [0, 0.05) is 67.4 Å². The summed E-state index contributed by atoms with van der Waals surface area (Å²) in [6, 6.07) is 35.7. The molecule has 7 nitrogen and oxygen atoms in total. The van der Waals surface area contributed by atoms with E-state index in [1.807, 2.05) is 54.6 Å². The summed E-state index contributed by atoms with van der Waals surface area (Å²) < 4.78 is 35.6. The van der Waals surface area contributed by atoms with Crippen LogP contribution in [0.15, 0.2) is 121 Å². The lowest BCUT2D eigenvalue weighted by Crippen LogP contribution is -2.13. The van der Waals surface area contributed by atoms with Crippen molar-refractivity contribution in [1.82, 2.24) is 0 Å². The molecule has 0 amide bonds. The summed E-state index contributed by atoms with van der Waals surface area (Å²) in [5, 5.41) is 7.88. The van der Waals surface area contributed by atoms with E-state index in [1.54, 1.807) is 24.3 Å². The van der Waals surface area contributed by atoms with Crippen LogP contribution in [0.25, 0.3) is 21.5 Å². The number of nitrogens with two attached hydrogens (primary N) is 6. The minimum absolute atomic E-state index is 0.331. The van der Waals surface area contributed by atoms with E-state index in [2.05, 4.69) is 37.4 Å². The van der Waals surface area contributed by atoms with Gasteiger partial charge in [-0.2, -0.15) is 13.2 Å². The Morgan fingerprint density at radius 3 is 1.23 bits per heavy atom. The second kappa shape index (κ2) is 16.5. The van der Waals surface area contributed by atoms with Crippen LogP contribution in [0.2, 0.25) is 0 Å². The molecule has 0 aliphatic rings. The lowest BCUT2D eigenvalue weighted by atomic mass is 10.1. The number of alkyl halides is 3. The Hall–Kier alpha value is -5.77. The summed E-state index contributed by atoms with van der Waals surface area (Å²) in [4.78, 5) is 0. The second-order valence-corrected chi connectivity index (χ2v) is 10.8. The van der Waals surface area contributed by atoms with Gasteiger partial charge in [0.25, 0.3) is 0 Å². The Balaban J connectivity index is 0.000000175. The molecule has 1 unspecified atom stereocenters. The minimum Gasteiger partial charge on any atom is -0.399 e. The average Bonchev–Trinajstić information content (AvgIpc) is 3.06. The Labute approximate surface area is 273 Å². The molecule has 0 heterocycles. The molecule has 0 spiro atoms. The largest absolute Gasteiger partial charge is 0.416 e. The van der Waals surface area contributed by atoms with Crippen molar-refractivity contribution in [2.75, 3.05) is 39.7 Å². The third kappa shape index (κ3) is 10.7. The van der Waals surface area contributed by atoms with Gasteiger partial charge in [0.15, 0.2) is 0 Å². The van der Waals surface area contributed by atoms with Crippen LogP contribution in [0.5, 0.6) is 0 Å². The number of rotatable bonds is 3. The topological polar surface area (TPSA) is 168 Å². The van der Waals surface area contributed by atoms with Crippen LogP contribution in [-0.4, -0.2) is 6.04 Å². The molecule has 0 saturated carbocycles. The normalized spacial score (nSPS) is 11.2. The first-order chi connectivity index (χ1) is 22.3. The summed E-state index contributed by atoms with van der Waals surface area (Å²) in [6.45, 7) is 4.36. The number of nitrogen functional groups attached to an aromatic ring is 6. The number of hydrogen-bond donors (Lipinski definition) is 7. The monoisotopic (exact) mass is 641 g/mol. The first-order valence-electron chi connectivity index (χ1n) is 14.9. The summed E-state index contributed by atoms with van der Waals surface area (Å²) in [5.41, 5.74) is 38.2. The quantitative estimate of drug-likeness (QED) is 0.0948. The zero-order valence-corrected chi connectivity index (χ0v) is 26.4. The van der Waals surface area contributed by atoms with Crippen molar-refractivity contribution in [3.63, 3.8) is 0 Å². The fraction of sp³-hybridized carbons (Fsp3) is 0.135. The van der Waals surface area contributed by atoms with Crippen LogP contribution in [0.3, 0.4) is 0 Å². The molecule has 6 aromatic rings. The van der Waals surface area contributed by atoms with Gasteiger partial charge in [-0.15, -0.1) is 0 Å². The molecule has 10 heteroatoms. The van der Waals surface area contributed by atoms with Crippen LogP contribution in [0.1, 0.15) is 25.8 Å². The highest BCUT2D eigenvalue weighted by Gasteiger charge is 2.29. The Bertz CT molecular complexity index is 1790. The molecular formula is C37H42F3N7. The molecule has 1 atom stereocenters. The van der Waals surface area contributed by atoms with Crippen molar-refractivity contribution in [2.45, 2.75) is 32.5 Å². The van der Waals surface area contributed by atoms with Crippen molar-refractivity contribution in [2.24, 2.45) is 0 Å². The standard InChI is InChI=1S/C14H18N2.C10H10N2.C7H6F3N.C6H8N2/c1-3-10(2)16-14-9-8-13(15)11-6-4-5-7-12(11)14;11-9-5-6-10(12)8-4-2-1-3-7(8)9;8-7(9,10)5-1-3-6(11)4-2-5;7-5-1-2-6(8)4-3-5/h4-10,16H,3,15H2,1-2H3;1-6H,11-12H2;1-4H,11H2;1-4H,7-8H2. The summed E-state index contributed by atoms with van der Waals surface area (Å²) in [6.07, 6.45) is -3.16. The summed E-state index contributed by atoms with van der Waals surface area (Å²) >= 11 is 0. The van der Waals surface area contributed by atoms with Crippen LogP contribution in [0, 0.1) is 0 Å². The third-order valence-corrected chi connectivity index (χ3v) is 7.14. The number of halogens is 3. The van der Waals surface area contributed by atoms with Crippen molar-refractivity contribution in [3.05, 3.63) is 127 Å². The van der Waals surface area contributed by atoms with Gasteiger partial charge in [-0.25, -0.2) is 0 Å². The van der Waals surface area contributed by atoms with E-state index >= 15 is 0 Å². The molecule has 246 valence electrons. The van der Waals surface area contributed by atoms with Crippen molar-refractivity contribution in [3.8, 4) is 0 Å². The van der Waals surface area contributed by atoms with Crippen LogP contribution < -0.4 is 39.7 Å². The van der Waals surface area contributed by atoms with Gasteiger partial charge in [-0.1, -0.05) is 55.5 Å². The van der Waals surface area contributed by atoms with Crippen LogP contribution in [0.4, 0.5) is 53.0 Å². The predicted octanol–water partition coefficient (Wildman–Crippen LogP) is 8.78. The maximum Gasteiger partial charge on any atom is 0.416 e. The lowest BCUT2D eigenvalue weighted by Gasteiger charge is -2.16. The number of fused-ring (bicyclic) bond motifs is 2. The molecule has 0 radical (unpaired) electrons. The third-order valence-electron chi connectivity index (χ3n) is 7.14. The Kier molecular flexibility index (Phi) is 12.5. The first kappa shape index (κ1) is 35.7. The van der Waals surface area contributed by atoms with E-state index < -0.39 is 11.7 Å². The van der Waals surface area contributed by atoms with Gasteiger partial charge in [0.05, 0.1) is 5.56 Å². The van der Waals surface area contributed by atoms with E-state index in [1.165, 1.54) is 23.2 Å². The molecule has 47 heavy (non-hydrogen) atoms. The lowest BCUT2D eigenvalue weighted by molar-refractivity contribution is -0.137. The fourth-order valence-corrected chi connectivity index (χ4v) is 4.33. The summed E-state index contributed by atoms with van der Waals surface area (Å²) in [5.74, 6) is 0. The average molecular weight is 642 g/mol. The molecular weight excluding hydrogens is 599 g/mol. The van der Waals surface area contributed by atoms with Gasteiger partial charge in [0.2, 0.25) is 0 Å². The Morgan fingerprint density at radius 1 is 0.511 bits per heavy atom. The zero-order chi connectivity index (χ0) is 34.6. The van der Waals surface area contributed by atoms with Gasteiger partial charge in [-0.3, -0.25) is 0 Å². The van der Waals surface area contributed by atoms with Gasteiger partial charge < -0.3 is 39.7 Å². The zero-order valence-electron chi connectivity index (χ0n) is 26.4. The fourth-order valence-electron chi connectivity index (χ4n) is 4.33. The number of benzene rings is 6. The van der Waals surface area contributed by atoms with Gasteiger partial charge in [-0.05, 0) is 86.1 Å². The van der Waals surface area contributed by atoms with E-state index in [-0.39, 0.29) is 0 Å². The predicted molar refractivity (Wildman–Crippen MR) is 196 cm³/mol. The Morgan fingerprint density at radius 2 is 0.851 bits per heavy atom. The maximum absolute atomic E-state index is 11.9. The van der Waals surface area contributed by atoms with Gasteiger partial charge >= 0.3 is 6.18 Å². The first-order valence-corrected chi connectivity index (χ1v) is 14.9. The van der Waals surface area contributed by atoms with E-state index in [0.717, 1.165) is 63.1 Å². The summed E-state index contributed by atoms with van der Waals surface area (Å²) in [7, 11) is 0. The molecule has 0 fully saturated rings. The molecule has 6 rings (SSSR count). The molecule has 6 aromatic carbocycles. The SMILES string of the molecule is CCC(C)Nc1ccc(N)c2ccccc12.Nc1ccc(C(F)(F)F)cc1.Nc1ccc(N)c2ccccc12.Nc1ccc(N)cc1. The van der Waals surface area contributed by atoms with E-state index in [0.29, 0.717) is 11.7 Å². The maximum atomic E-state index is 11.9. The molecule has 0 aliphatic carbocycles. The highest BCUT2D eigenvalue weighted by molar-refractivity contribution is 6.01. The van der Waals surface area contributed by atoms with Crippen molar-refractivity contribution < 1.29 is 13.2 Å². The van der Waals surface area contributed by atoms with E-state index in [4.69, 9.17) is 34.4 Å². The van der Waals surface area contributed by atoms with Crippen LogP contribution >= 0.6 is 0 Å². The van der Waals surface area contributed by atoms with E-state index in [9.17, 15) is 13.2 Å². The molecule has 0 aromatic heterocycles. The number of hydrogen-bond acceptors (Lipinski definition) is 7. The molecule has 13 N–H and O–H groups in total. The highest BCUT2D eigenvalue weighted by Crippen LogP contribution is 2.30. The van der Waals surface area contributed by atoms with Crippen LogP contribution in [-0.2, 0) is 6.18 Å². The second-order valence-electron chi connectivity index (χ2n) is 10.8. The molecule has 0 saturated heterocycles. The number of nitrogens with one attached hydrogen (secondary N) is 1. The van der Waals surface area contributed by atoms with Gasteiger partial charge in [0.1, 0.15) is 0 Å². The molecule has 0 aliphatic heterocycles. The highest BCUT2D eigenvalue weighted by atomic mass is 19.4.